The van der Waals surface area contributed by atoms with Gasteiger partial charge in [0, 0.05) is 11.1 Å². The second-order valence-electron chi connectivity index (χ2n) is 5.91. The smallest absolute Gasteiger partial charge is 0.271 e. The highest BCUT2D eigenvalue weighted by Gasteiger charge is 2.18. The fourth-order valence-corrected chi connectivity index (χ4v) is 2.69. The van der Waals surface area contributed by atoms with Crippen LogP contribution in [0.3, 0.4) is 0 Å². The minimum absolute atomic E-state index is 0.333. The Morgan fingerprint density at radius 1 is 0.900 bits per heavy atom. The van der Waals surface area contributed by atoms with E-state index in [1.54, 1.807) is 44.6 Å². The van der Waals surface area contributed by atoms with Crippen LogP contribution in [0.1, 0.15) is 36.7 Å². The van der Waals surface area contributed by atoms with Crippen molar-refractivity contribution >= 4 is 12.1 Å². The summed E-state index contributed by atoms with van der Waals surface area (Å²) < 4.78 is 27.5. The van der Waals surface area contributed by atoms with Crippen LogP contribution in [0.4, 0.5) is 0 Å². The fraction of sp³-hybridized carbons (Fsp3) is 0.364. The third-order valence-electron chi connectivity index (χ3n) is 3.98. The molecule has 0 aliphatic carbocycles. The van der Waals surface area contributed by atoms with Crippen molar-refractivity contribution in [1.29, 1.82) is 0 Å². The SMILES string of the molecule is CCOc1cc(C(=O)N/N=C/c2cc(OC)ccc2OC)cc(OCC)c1OCC. The molecule has 0 saturated heterocycles. The van der Waals surface area contributed by atoms with Gasteiger partial charge in [-0.15, -0.1) is 0 Å². The van der Waals surface area contributed by atoms with Crippen LogP contribution in [-0.2, 0) is 0 Å². The van der Waals surface area contributed by atoms with E-state index >= 15 is 0 Å². The summed E-state index contributed by atoms with van der Waals surface area (Å²) in [6, 6.07) is 8.50. The number of hydrogen-bond donors (Lipinski definition) is 1. The van der Waals surface area contributed by atoms with Crippen LogP contribution in [-0.4, -0.2) is 46.2 Å². The van der Waals surface area contributed by atoms with Crippen LogP contribution in [0, 0.1) is 0 Å². The minimum atomic E-state index is -0.418. The molecule has 1 N–H and O–H groups in total. The summed E-state index contributed by atoms with van der Waals surface area (Å²) in [6.07, 6.45) is 1.49. The van der Waals surface area contributed by atoms with Gasteiger partial charge in [-0.2, -0.15) is 5.10 Å². The Bertz CT molecular complexity index is 855. The zero-order valence-corrected chi connectivity index (χ0v) is 18.0. The maximum Gasteiger partial charge on any atom is 0.271 e. The molecule has 0 radical (unpaired) electrons. The number of carbonyl (C=O) groups excluding carboxylic acids is 1. The molecule has 0 aromatic heterocycles. The predicted molar refractivity (Wildman–Crippen MR) is 115 cm³/mol. The monoisotopic (exact) mass is 416 g/mol. The summed E-state index contributed by atoms with van der Waals surface area (Å²) in [7, 11) is 3.13. The van der Waals surface area contributed by atoms with Gasteiger partial charge in [-0.05, 0) is 51.1 Å². The van der Waals surface area contributed by atoms with Crippen molar-refractivity contribution in [1.82, 2.24) is 5.43 Å². The highest BCUT2D eigenvalue weighted by molar-refractivity contribution is 5.96. The molecule has 0 unspecified atom stereocenters. The van der Waals surface area contributed by atoms with Gasteiger partial charge in [0.15, 0.2) is 11.5 Å². The number of methoxy groups -OCH3 is 2. The summed E-state index contributed by atoms with van der Waals surface area (Å²) in [6.45, 7) is 6.87. The number of hydrazone groups is 1. The second-order valence-corrected chi connectivity index (χ2v) is 5.91. The standard InChI is InChI=1S/C22H28N2O6/c1-6-28-19-12-15(13-20(29-7-2)21(19)30-8-3)22(25)24-23-14-16-11-17(26-4)9-10-18(16)27-5/h9-14H,6-8H2,1-5H3,(H,24,25)/b23-14+. The van der Waals surface area contributed by atoms with Crippen molar-refractivity contribution in [2.45, 2.75) is 20.8 Å². The number of rotatable bonds is 11. The number of nitrogens with zero attached hydrogens (tertiary/aromatic N) is 1. The topological polar surface area (TPSA) is 87.6 Å². The molecule has 2 aromatic rings. The van der Waals surface area contributed by atoms with E-state index in [4.69, 9.17) is 23.7 Å². The van der Waals surface area contributed by atoms with E-state index in [9.17, 15) is 4.79 Å². The van der Waals surface area contributed by atoms with Crippen molar-refractivity contribution in [3.05, 3.63) is 41.5 Å². The Hall–Kier alpha value is -3.42. The molecular formula is C22H28N2O6. The van der Waals surface area contributed by atoms with E-state index in [-0.39, 0.29) is 0 Å². The summed E-state index contributed by atoms with van der Waals surface area (Å²) in [5, 5.41) is 4.04. The summed E-state index contributed by atoms with van der Waals surface area (Å²) >= 11 is 0. The molecule has 0 aliphatic rings. The molecule has 0 heterocycles. The molecule has 0 saturated carbocycles. The van der Waals surface area contributed by atoms with Crippen molar-refractivity contribution in [3.8, 4) is 28.7 Å². The maximum atomic E-state index is 12.7. The highest BCUT2D eigenvalue weighted by Crippen LogP contribution is 2.39. The first-order valence-corrected chi connectivity index (χ1v) is 9.69. The molecule has 0 fully saturated rings. The number of hydrogen-bond acceptors (Lipinski definition) is 7. The van der Waals surface area contributed by atoms with Gasteiger partial charge in [0.25, 0.3) is 5.91 Å². The molecule has 8 heteroatoms. The van der Waals surface area contributed by atoms with Crippen LogP contribution < -0.4 is 29.1 Å². The Morgan fingerprint density at radius 2 is 1.53 bits per heavy atom. The Kier molecular flexibility index (Phi) is 8.80. The lowest BCUT2D eigenvalue weighted by Crippen LogP contribution is -2.18. The number of amides is 1. The molecule has 30 heavy (non-hydrogen) atoms. The average molecular weight is 416 g/mol. The van der Waals surface area contributed by atoms with Crippen molar-refractivity contribution in [2.75, 3.05) is 34.0 Å². The maximum absolute atomic E-state index is 12.7. The molecule has 0 aliphatic heterocycles. The van der Waals surface area contributed by atoms with Crippen LogP contribution in [0.15, 0.2) is 35.4 Å². The molecule has 0 bridgehead atoms. The molecule has 162 valence electrons. The lowest BCUT2D eigenvalue weighted by atomic mass is 10.1. The summed E-state index contributed by atoms with van der Waals surface area (Å²) in [5.41, 5.74) is 3.50. The van der Waals surface area contributed by atoms with Crippen LogP contribution in [0.25, 0.3) is 0 Å². The molecule has 0 spiro atoms. The lowest BCUT2D eigenvalue weighted by Gasteiger charge is -2.16. The zero-order chi connectivity index (χ0) is 21.9. The van der Waals surface area contributed by atoms with Crippen LogP contribution in [0.2, 0.25) is 0 Å². The average Bonchev–Trinajstić information content (AvgIpc) is 2.75. The van der Waals surface area contributed by atoms with Gasteiger partial charge >= 0.3 is 0 Å². The number of ether oxygens (including phenoxy) is 5. The van der Waals surface area contributed by atoms with Crippen molar-refractivity contribution in [2.24, 2.45) is 5.10 Å². The van der Waals surface area contributed by atoms with Gasteiger partial charge in [-0.3, -0.25) is 4.79 Å². The number of carbonyl (C=O) groups is 1. The van der Waals surface area contributed by atoms with Gasteiger partial charge in [0.2, 0.25) is 5.75 Å². The lowest BCUT2D eigenvalue weighted by molar-refractivity contribution is 0.0954. The van der Waals surface area contributed by atoms with E-state index in [2.05, 4.69) is 10.5 Å². The number of benzene rings is 2. The van der Waals surface area contributed by atoms with E-state index in [0.29, 0.717) is 59.7 Å². The van der Waals surface area contributed by atoms with Gasteiger partial charge in [-0.1, -0.05) is 0 Å². The van der Waals surface area contributed by atoms with E-state index < -0.39 is 5.91 Å². The quantitative estimate of drug-likeness (QED) is 0.444. The number of nitrogens with one attached hydrogen (secondary N) is 1. The van der Waals surface area contributed by atoms with Crippen LogP contribution in [0.5, 0.6) is 28.7 Å². The first-order valence-electron chi connectivity index (χ1n) is 9.69. The fourth-order valence-electron chi connectivity index (χ4n) is 2.69. The van der Waals surface area contributed by atoms with Gasteiger partial charge in [0.05, 0.1) is 40.3 Å². The zero-order valence-electron chi connectivity index (χ0n) is 18.0. The molecule has 0 atom stereocenters. The van der Waals surface area contributed by atoms with Crippen molar-refractivity contribution < 1.29 is 28.5 Å². The van der Waals surface area contributed by atoms with Crippen LogP contribution >= 0.6 is 0 Å². The van der Waals surface area contributed by atoms with E-state index in [0.717, 1.165) is 0 Å². The summed E-state index contributed by atoms with van der Waals surface area (Å²) in [4.78, 5) is 12.7. The van der Waals surface area contributed by atoms with E-state index in [1.807, 2.05) is 20.8 Å². The largest absolute Gasteiger partial charge is 0.497 e. The molecule has 8 nitrogen and oxygen atoms in total. The minimum Gasteiger partial charge on any atom is -0.497 e. The Morgan fingerprint density at radius 3 is 2.07 bits per heavy atom. The van der Waals surface area contributed by atoms with Gasteiger partial charge in [0.1, 0.15) is 11.5 Å². The molecular weight excluding hydrogens is 388 g/mol. The third-order valence-corrected chi connectivity index (χ3v) is 3.98. The molecule has 2 aromatic carbocycles. The van der Waals surface area contributed by atoms with E-state index in [1.165, 1.54) is 6.21 Å². The third kappa shape index (κ3) is 5.79. The normalized spacial score (nSPS) is 10.6. The molecule has 2 rings (SSSR count). The molecule has 1 amide bonds. The summed E-state index contributed by atoms with van der Waals surface area (Å²) in [5.74, 6) is 2.19. The first-order chi connectivity index (χ1) is 14.6. The highest BCUT2D eigenvalue weighted by atomic mass is 16.5. The predicted octanol–water partition coefficient (Wildman–Crippen LogP) is 3.66. The second kappa shape index (κ2) is 11.5. The Balaban J connectivity index is 2.27. The van der Waals surface area contributed by atoms with Gasteiger partial charge < -0.3 is 23.7 Å². The Labute approximate surface area is 176 Å². The van der Waals surface area contributed by atoms with Gasteiger partial charge in [-0.25, -0.2) is 5.43 Å². The first kappa shape index (κ1) is 22.9. The van der Waals surface area contributed by atoms with Crippen molar-refractivity contribution in [3.63, 3.8) is 0 Å².